The first kappa shape index (κ1) is 11.1. The molecular formula is C10H15N5S. The average molecular weight is 237 g/mol. The van der Waals surface area contributed by atoms with Gasteiger partial charge in [-0.15, -0.1) is 11.3 Å². The number of nitrogen functional groups attached to an aromatic ring is 1. The fourth-order valence-electron chi connectivity index (χ4n) is 1.61. The number of aromatic nitrogens is 4. The van der Waals surface area contributed by atoms with Crippen molar-refractivity contribution in [2.75, 3.05) is 5.73 Å². The van der Waals surface area contributed by atoms with E-state index in [2.05, 4.69) is 22.0 Å². The molecule has 2 rings (SSSR count). The van der Waals surface area contributed by atoms with Crippen LogP contribution >= 0.6 is 11.3 Å². The monoisotopic (exact) mass is 237 g/mol. The van der Waals surface area contributed by atoms with E-state index in [1.807, 2.05) is 10.1 Å². The number of hydrogen-bond donors (Lipinski definition) is 1. The van der Waals surface area contributed by atoms with Crippen molar-refractivity contribution in [1.29, 1.82) is 0 Å². The Bertz CT molecular complexity index is 448. The largest absolute Gasteiger partial charge is 0.375 e. The molecule has 0 bridgehead atoms. The molecule has 86 valence electrons. The third-order valence-electron chi connectivity index (χ3n) is 2.40. The van der Waals surface area contributed by atoms with E-state index < -0.39 is 0 Å². The van der Waals surface area contributed by atoms with Gasteiger partial charge >= 0.3 is 0 Å². The zero-order valence-electron chi connectivity index (χ0n) is 9.26. The zero-order chi connectivity index (χ0) is 11.4. The predicted octanol–water partition coefficient (Wildman–Crippen LogP) is 1.51. The molecule has 0 spiro atoms. The van der Waals surface area contributed by atoms with E-state index in [-0.39, 0.29) is 0 Å². The molecule has 16 heavy (non-hydrogen) atoms. The Balaban J connectivity index is 1.84. The highest BCUT2D eigenvalue weighted by Gasteiger charge is 2.03. The second-order valence-corrected chi connectivity index (χ2v) is 4.41. The molecule has 0 radical (unpaired) electrons. The van der Waals surface area contributed by atoms with Gasteiger partial charge in [-0.25, -0.2) is 9.97 Å². The average Bonchev–Trinajstić information content (AvgIpc) is 2.87. The van der Waals surface area contributed by atoms with Crippen molar-refractivity contribution in [2.45, 2.75) is 32.7 Å². The maximum atomic E-state index is 5.57. The molecule has 0 aliphatic heterocycles. The molecule has 0 aliphatic carbocycles. The van der Waals surface area contributed by atoms with Gasteiger partial charge in [-0.05, 0) is 19.8 Å². The molecule has 2 N–H and O–H groups in total. The standard InChI is InChI=1S/C10H15N5S/c1-2-15-9(12-7-13-15)5-3-4-8-6-16-10(11)14-8/h6-7H,2-5H2,1H3,(H2,11,14). The van der Waals surface area contributed by atoms with Crippen LogP contribution < -0.4 is 5.73 Å². The van der Waals surface area contributed by atoms with Gasteiger partial charge in [0.25, 0.3) is 0 Å². The van der Waals surface area contributed by atoms with Gasteiger partial charge in [0.05, 0.1) is 5.69 Å². The zero-order valence-corrected chi connectivity index (χ0v) is 10.1. The van der Waals surface area contributed by atoms with Crippen molar-refractivity contribution in [3.8, 4) is 0 Å². The van der Waals surface area contributed by atoms with Crippen LogP contribution in [0, 0.1) is 0 Å². The van der Waals surface area contributed by atoms with Crippen LogP contribution in [0.5, 0.6) is 0 Å². The SMILES string of the molecule is CCn1ncnc1CCCc1csc(N)n1. The van der Waals surface area contributed by atoms with Gasteiger partial charge in [-0.3, -0.25) is 4.68 Å². The number of aryl methyl sites for hydroxylation is 3. The van der Waals surface area contributed by atoms with Crippen LogP contribution in [-0.2, 0) is 19.4 Å². The van der Waals surface area contributed by atoms with Crippen molar-refractivity contribution in [3.05, 3.63) is 23.2 Å². The van der Waals surface area contributed by atoms with Crippen molar-refractivity contribution < 1.29 is 0 Å². The van der Waals surface area contributed by atoms with E-state index in [0.29, 0.717) is 5.13 Å². The fourth-order valence-corrected chi connectivity index (χ4v) is 2.21. The Morgan fingerprint density at radius 2 is 2.31 bits per heavy atom. The third kappa shape index (κ3) is 2.57. The van der Waals surface area contributed by atoms with Crippen molar-refractivity contribution in [3.63, 3.8) is 0 Å². The summed E-state index contributed by atoms with van der Waals surface area (Å²) in [6.45, 7) is 2.94. The smallest absolute Gasteiger partial charge is 0.180 e. The quantitative estimate of drug-likeness (QED) is 0.855. The number of thiazole rings is 1. The number of rotatable bonds is 5. The molecule has 2 heterocycles. The molecule has 0 unspecified atom stereocenters. The maximum absolute atomic E-state index is 5.57. The molecule has 0 atom stereocenters. The lowest BCUT2D eigenvalue weighted by atomic mass is 10.2. The van der Waals surface area contributed by atoms with Crippen LogP contribution in [0.4, 0.5) is 5.13 Å². The molecule has 0 aliphatic rings. The lowest BCUT2D eigenvalue weighted by Crippen LogP contribution is -2.04. The predicted molar refractivity (Wildman–Crippen MR) is 64.2 cm³/mol. The van der Waals surface area contributed by atoms with Gasteiger partial charge in [0.2, 0.25) is 0 Å². The van der Waals surface area contributed by atoms with Gasteiger partial charge in [0.1, 0.15) is 12.2 Å². The summed E-state index contributed by atoms with van der Waals surface area (Å²) in [5, 5.41) is 6.80. The minimum Gasteiger partial charge on any atom is -0.375 e. The van der Waals surface area contributed by atoms with Crippen molar-refractivity contribution in [2.24, 2.45) is 0 Å². The molecule has 2 aromatic heterocycles. The van der Waals surface area contributed by atoms with Crippen LogP contribution in [0.2, 0.25) is 0 Å². The molecule has 2 aromatic rings. The lowest BCUT2D eigenvalue weighted by Gasteiger charge is -2.01. The minimum absolute atomic E-state index is 0.645. The summed E-state index contributed by atoms with van der Waals surface area (Å²) in [6.07, 6.45) is 4.52. The molecular weight excluding hydrogens is 222 g/mol. The van der Waals surface area contributed by atoms with E-state index in [1.54, 1.807) is 6.33 Å². The first-order valence-corrected chi connectivity index (χ1v) is 6.24. The molecule has 6 heteroatoms. The van der Waals surface area contributed by atoms with Gasteiger partial charge < -0.3 is 5.73 Å². The van der Waals surface area contributed by atoms with Gasteiger partial charge in [-0.1, -0.05) is 0 Å². The Morgan fingerprint density at radius 3 is 3.00 bits per heavy atom. The minimum atomic E-state index is 0.645. The molecule has 5 nitrogen and oxygen atoms in total. The van der Waals surface area contributed by atoms with Crippen LogP contribution in [0.1, 0.15) is 24.9 Å². The van der Waals surface area contributed by atoms with Crippen molar-refractivity contribution >= 4 is 16.5 Å². The van der Waals surface area contributed by atoms with Crippen LogP contribution in [0.15, 0.2) is 11.7 Å². The van der Waals surface area contributed by atoms with E-state index in [1.165, 1.54) is 11.3 Å². The lowest BCUT2D eigenvalue weighted by molar-refractivity contribution is 0.601. The highest BCUT2D eigenvalue weighted by molar-refractivity contribution is 7.13. The van der Waals surface area contributed by atoms with E-state index in [0.717, 1.165) is 37.3 Å². The Hall–Kier alpha value is -1.43. The first-order chi connectivity index (χ1) is 7.79. The van der Waals surface area contributed by atoms with Gasteiger partial charge in [0.15, 0.2) is 5.13 Å². The van der Waals surface area contributed by atoms with Crippen molar-refractivity contribution in [1.82, 2.24) is 19.7 Å². The number of hydrogen-bond acceptors (Lipinski definition) is 5. The highest BCUT2D eigenvalue weighted by Crippen LogP contribution is 2.13. The summed E-state index contributed by atoms with van der Waals surface area (Å²) >= 11 is 1.49. The molecule has 0 aromatic carbocycles. The summed E-state index contributed by atoms with van der Waals surface area (Å²) in [7, 11) is 0. The Kier molecular flexibility index (Phi) is 3.51. The maximum Gasteiger partial charge on any atom is 0.180 e. The fraction of sp³-hybridized carbons (Fsp3) is 0.500. The molecule has 0 amide bonds. The highest BCUT2D eigenvalue weighted by atomic mass is 32.1. The molecule has 0 saturated heterocycles. The second-order valence-electron chi connectivity index (χ2n) is 3.52. The summed E-state index contributed by atoms with van der Waals surface area (Å²) in [4.78, 5) is 8.46. The van der Waals surface area contributed by atoms with Gasteiger partial charge in [0, 0.05) is 18.3 Å². The summed E-state index contributed by atoms with van der Waals surface area (Å²) in [6, 6.07) is 0. The molecule has 0 fully saturated rings. The van der Waals surface area contributed by atoms with E-state index in [9.17, 15) is 0 Å². The first-order valence-electron chi connectivity index (χ1n) is 5.36. The summed E-state index contributed by atoms with van der Waals surface area (Å²) < 4.78 is 1.93. The number of anilines is 1. The third-order valence-corrected chi connectivity index (χ3v) is 3.12. The topological polar surface area (TPSA) is 69.6 Å². The van der Waals surface area contributed by atoms with Crippen LogP contribution in [0.3, 0.4) is 0 Å². The summed E-state index contributed by atoms with van der Waals surface area (Å²) in [5.41, 5.74) is 6.65. The number of nitrogens with zero attached hydrogens (tertiary/aromatic N) is 4. The molecule has 0 saturated carbocycles. The Labute approximate surface area is 98.3 Å². The van der Waals surface area contributed by atoms with Gasteiger partial charge in [-0.2, -0.15) is 5.10 Å². The van der Waals surface area contributed by atoms with E-state index in [4.69, 9.17) is 5.73 Å². The van der Waals surface area contributed by atoms with Crippen LogP contribution in [0.25, 0.3) is 0 Å². The second kappa shape index (κ2) is 5.07. The normalized spacial score (nSPS) is 10.8. The number of nitrogens with two attached hydrogens (primary N) is 1. The van der Waals surface area contributed by atoms with Crippen LogP contribution in [-0.4, -0.2) is 19.7 Å². The summed E-state index contributed by atoms with van der Waals surface area (Å²) in [5.74, 6) is 1.05. The van der Waals surface area contributed by atoms with E-state index >= 15 is 0 Å². The Morgan fingerprint density at radius 1 is 1.44 bits per heavy atom.